The number of aliphatic hydroxyl groups excluding tert-OH is 1. The monoisotopic (exact) mass is 274 g/mol. The van der Waals surface area contributed by atoms with Crippen molar-refractivity contribution in [2.24, 2.45) is 5.92 Å². The molecule has 0 aliphatic carbocycles. The maximum absolute atomic E-state index is 9.58. The van der Waals surface area contributed by atoms with Crippen LogP contribution in [0.3, 0.4) is 0 Å². The third-order valence-electron chi connectivity index (χ3n) is 3.45. The van der Waals surface area contributed by atoms with Gasteiger partial charge in [-0.25, -0.2) is 0 Å². The second-order valence-corrected chi connectivity index (χ2v) is 5.01. The molecule has 0 saturated carbocycles. The van der Waals surface area contributed by atoms with Gasteiger partial charge in [0, 0.05) is 19.3 Å². The largest absolute Gasteiger partial charge is 0.497 e. The van der Waals surface area contributed by atoms with E-state index in [0.29, 0.717) is 0 Å². The van der Waals surface area contributed by atoms with Crippen LogP contribution in [-0.4, -0.2) is 28.6 Å². The zero-order chi connectivity index (χ0) is 14.4. The van der Waals surface area contributed by atoms with E-state index in [1.807, 2.05) is 35.3 Å². The molecule has 0 amide bonds. The van der Waals surface area contributed by atoms with Gasteiger partial charge in [-0.1, -0.05) is 12.1 Å². The molecule has 1 N–H and O–H groups in total. The maximum Gasteiger partial charge on any atom is 0.119 e. The number of aliphatic hydroxyl groups is 1. The lowest BCUT2D eigenvalue weighted by atomic mass is 9.94. The van der Waals surface area contributed by atoms with Gasteiger partial charge in [0.05, 0.1) is 13.3 Å². The lowest BCUT2D eigenvalue weighted by Crippen LogP contribution is -2.12. The highest BCUT2D eigenvalue weighted by Crippen LogP contribution is 2.18. The quantitative estimate of drug-likeness (QED) is 0.843. The normalized spacial score (nSPS) is 12.3. The first-order valence-electron chi connectivity index (χ1n) is 7.00. The number of benzene rings is 1. The van der Waals surface area contributed by atoms with E-state index in [1.54, 1.807) is 7.11 Å². The van der Waals surface area contributed by atoms with Gasteiger partial charge in [0.1, 0.15) is 5.75 Å². The average Bonchev–Trinajstić information content (AvgIpc) is 2.94. The zero-order valence-electron chi connectivity index (χ0n) is 12.1. The Morgan fingerprint density at radius 1 is 1.30 bits per heavy atom. The number of rotatable bonds is 7. The smallest absolute Gasteiger partial charge is 0.119 e. The summed E-state index contributed by atoms with van der Waals surface area (Å²) in [5.41, 5.74) is 2.36. The minimum atomic E-state index is 0.175. The predicted molar refractivity (Wildman–Crippen MR) is 78.9 cm³/mol. The molecule has 0 aliphatic heterocycles. The van der Waals surface area contributed by atoms with E-state index in [2.05, 4.69) is 18.1 Å². The van der Waals surface area contributed by atoms with Gasteiger partial charge in [0.15, 0.2) is 0 Å². The molecule has 0 aliphatic rings. The fraction of sp³-hybridized carbons (Fsp3) is 0.438. The number of hydrogen-bond acceptors (Lipinski definition) is 3. The molecular formula is C16H22N2O2. The lowest BCUT2D eigenvalue weighted by molar-refractivity contribution is 0.225. The molecule has 0 fully saturated rings. The molecule has 1 atom stereocenters. The Labute approximate surface area is 120 Å². The first kappa shape index (κ1) is 14.6. The molecule has 4 nitrogen and oxygen atoms in total. The third-order valence-corrected chi connectivity index (χ3v) is 3.45. The van der Waals surface area contributed by atoms with E-state index in [9.17, 15) is 5.11 Å². The molecule has 20 heavy (non-hydrogen) atoms. The van der Waals surface area contributed by atoms with Gasteiger partial charge in [0.25, 0.3) is 0 Å². The maximum atomic E-state index is 9.58. The highest BCUT2D eigenvalue weighted by Gasteiger charge is 2.11. The van der Waals surface area contributed by atoms with Crippen LogP contribution in [0.4, 0.5) is 0 Å². The van der Waals surface area contributed by atoms with Gasteiger partial charge in [-0.2, -0.15) is 5.10 Å². The minimum absolute atomic E-state index is 0.175. The summed E-state index contributed by atoms with van der Waals surface area (Å²) in [6.45, 7) is 3.12. The molecule has 0 bridgehead atoms. The van der Waals surface area contributed by atoms with Crippen molar-refractivity contribution in [3.05, 3.63) is 47.8 Å². The van der Waals surface area contributed by atoms with Crippen molar-refractivity contribution < 1.29 is 9.84 Å². The number of methoxy groups -OCH3 is 1. The fourth-order valence-electron chi connectivity index (χ4n) is 2.35. The Balaban J connectivity index is 2.00. The van der Waals surface area contributed by atoms with Gasteiger partial charge in [-0.3, -0.25) is 4.68 Å². The Morgan fingerprint density at radius 3 is 2.75 bits per heavy atom. The van der Waals surface area contributed by atoms with Crippen molar-refractivity contribution in [2.45, 2.75) is 26.3 Å². The van der Waals surface area contributed by atoms with Gasteiger partial charge < -0.3 is 9.84 Å². The number of ether oxygens (including phenoxy) is 1. The van der Waals surface area contributed by atoms with Crippen LogP contribution in [0.25, 0.3) is 0 Å². The fourth-order valence-corrected chi connectivity index (χ4v) is 2.35. The van der Waals surface area contributed by atoms with Crippen LogP contribution in [0.2, 0.25) is 0 Å². The minimum Gasteiger partial charge on any atom is -0.497 e. The number of aryl methyl sites for hydroxylation is 1. The Morgan fingerprint density at radius 2 is 2.10 bits per heavy atom. The van der Waals surface area contributed by atoms with Gasteiger partial charge in [-0.15, -0.1) is 0 Å². The highest BCUT2D eigenvalue weighted by atomic mass is 16.5. The Bertz CT molecular complexity index is 537. The predicted octanol–water partition coefficient (Wildman–Crippen LogP) is 2.31. The molecule has 0 radical (unpaired) electrons. The first-order chi connectivity index (χ1) is 9.75. The molecule has 108 valence electrons. The Kier molecular flexibility index (Phi) is 5.18. The van der Waals surface area contributed by atoms with E-state index >= 15 is 0 Å². The molecule has 0 spiro atoms. The van der Waals surface area contributed by atoms with Gasteiger partial charge in [0.2, 0.25) is 0 Å². The number of nitrogens with zero attached hydrogens (tertiary/aromatic N) is 2. The molecule has 1 aromatic heterocycles. The second kappa shape index (κ2) is 7.10. The van der Waals surface area contributed by atoms with Crippen LogP contribution in [0, 0.1) is 5.92 Å². The van der Waals surface area contributed by atoms with Crippen molar-refractivity contribution in [1.82, 2.24) is 9.78 Å². The van der Waals surface area contributed by atoms with Crippen LogP contribution in [0.15, 0.2) is 36.7 Å². The van der Waals surface area contributed by atoms with Crippen LogP contribution in [0.1, 0.15) is 18.1 Å². The van der Waals surface area contributed by atoms with Crippen molar-refractivity contribution in [3.8, 4) is 5.75 Å². The molecule has 1 unspecified atom stereocenters. The summed E-state index contributed by atoms with van der Waals surface area (Å²) in [4.78, 5) is 0. The van der Waals surface area contributed by atoms with Crippen LogP contribution in [-0.2, 0) is 19.4 Å². The molecule has 4 heteroatoms. The topological polar surface area (TPSA) is 47.3 Å². The van der Waals surface area contributed by atoms with Crippen molar-refractivity contribution in [3.63, 3.8) is 0 Å². The lowest BCUT2D eigenvalue weighted by Gasteiger charge is -2.13. The van der Waals surface area contributed by atoms with Crippen LogP contribution in [0.5, 0.6) is 5.75 Å². The summed E-state index contributed by atoms with van der Waals surface area (Å²) in [7, 11) is 1.67. The van der Waals surface area contributed by atoms with Crippen LogP contribution >= 0.6 is 0 Å². The first-order valence-corrected chi connectivity index (χ1v) is 7.00. The summed E-state index contributed by atoms with van der Waals surface area (Å²) in [5.74, 6) is 1.06. The van der Waals surface area contributed by atoms with Crippen molar-refractivity contribution >= 4 is 0 Å². The van der Waals surface area contributed by atoms with Crippen LogP contribution < -0.4 is 4.74 Å². The molecule has 0 saturated heterocycles. The molecule has 1 aromatic carbocycles. The standard InChI is InChI=1S/C16H22N2O2/c1-3-18-11-15(10-17-18)8-14(12-19)7-13-5-4-6-16(9-13)20-2/h4-6,9-11,14,19H,3,7-8,12H2,1-2H3. The van der Waals surface area contributed by atoms with Crippen molar-refractivity contribution in [2.75, 3.05) is 13.7 Å². The zero-order valence-corrected chi connectivity index (χ0v) is 12.1. The third kappa shape index (κ3) is 3.84. The SMILES string of the molecule is CCn1cc(CC(CO)Cc2cccc(OC)c2)cn1. The van der Waals surface area contributed by atoms with E-state index in [-0.39, 0.29) is 12.5 Å². The second-order valence-electron chi connectivity index (χ2n) is 5.01. The van der Waals surface area contributed by atoms with Crippen molar-refractivity contribution in [1.29, 1.82) is 0 Å². The van der Waals surface area contributed by atoms with Gasteiger partial charge >= 0.3 is 0 Å². The summed E-state index contributed by atoms with van der Waals surface area (Å²) in [5, 5.41) is 13.9. The molecule has 2 aromatic rings. The Hall–Kier alpha value is -1.81. The molecule has 1 heterocycles. The summed E-state index contributed by atoms with van der Waals surface area (Å²) >= 11 is 0. The highest BCUT2D eigenvalue weighted by molar-refractivity contribution is 5.28. The molecular weight excluding hydrogens is 252 g/mol. The molecule has 2 rings (SSSR count). The summed E-state index contributed by atoms with van der Waals surface area (Å²) in [6.07, 6.45) is 5.62. The van der Waals surface area contributed by atoms with Gasteiger partial charge in [-0.05, 0) is 48.9 Å². The van der Waals surface area contributed by atoms with E-state index in [0.717, 1.165) is 25.1 Å². The summed E-state index contributed by atoms with van der Waals surface area (Å²) < 4.78 is 7.14. The van der Waals surface area contributed by atoms with E-state index < -0.39 is 0 Å². The number of hydrogen-bond donors (Lipinski definition) is 1. The number of aromatic nitrogens is 2. The average molecular weight is 274 g/mol. The van der Waals surface area contributed by atoms with E-state index in [1.165, 1.54) is 11.1 Å². The summed E-state index contributed by atoms with van der Waals surface area (Å²) in [6, 6.07) is 8.01. The van der Waals surface area contributed by atoms with E-state index in [4.69, 9.17) is 4.74 Å².